The maximum absolute atomic E-state index is 8.99. The van der Waals surface area contributed by atoms with Crippen molar-refractivity contribution in [3.05, 3.63) is 36.0 Å². The highest BCUT2D eigenvalue weighted by Gasteiger charge is 2.11. The molecule has 4 N–H and O–H groups in total. The highest BCUT2D eigenvalue weighted by Crippen LogP contribution is 2.24. The molecule has 0 aliphatic rings. The van der Waals surface area contributed by atoms with Gasteiger partial charge in [-0.3, -0.25) is 5.10 Å². The minimum absolute atomic E-state index is 0. The molecular formula is C13H18ClN3O2. The van der Waals surface area contributed by atoms with E-state index >= 15 is 0 Å². The van der Waals surface area contributed by atoms with Gasteiger partial charge in [0.15, 0.2) is 0 Å². The van der Waals surface area contributed by atoms with Crippen molar-refractivity contribution in [3.8, 4) is 17.0 Å². The number of methoxy groups -OCH3 is 1. The lowest BCUT2D eigenvalue weighted by Gasteiger charge is -2.08. The van der Waals surface area contributed by atoms with Gasteiger partial charge in [0.05, 0.1) is 25.6 Å². The molecule has 0 saturated heterocycles. The van der Waals surface area contributed by atoms with Gasteiger partial charge in [0, 0.05) is 11.6 Å². The Kier molecular flexibility index (Phi) is 5.82. The number of ether oxygens (including phenoxy) is 1. The van der Waals surface area contributed by atoms with Gasteiger partial charge >= 0.3 is 0 Å². The second-order valence-corrected chi connectivity index (χ2v) is 4.15. The van der Waals surface area contributed by atoms with Gasteiger partial charge in [0.25, 0.3) is 0 Å². The van der Waals surface area contributed by atoms with Crippen molar-refractivity contribution in [1.82, 2.24) is 10.2 Å². The van der Waals surface area contributed by atoms with Crippen LogP contribution in [-0.4, -0.2) is 35.1 Å². The minimum atomic E-state index is -0.264. The Labute approximate surface area is 118 Å². The molecule has 0 saturated carbocycles. The van der Waals surface area contributed by atoms with Gasteiger partial charge in [-0.1, -0.05) is 0 Å². The largest absolute Gasteiger partial charge is 0.497 e. The van der Waals surface area contributed by atoms with Gasteiger partial charge in [-0.05, 0) is 36.2 Å². The molecule has 1 atom stereocenters. The predicted octanol–water partition coefficient (Wildman–Crippen LogP) is 1.37. The molecule has 0 radical (unpaired) electrons. The number of nitrogens with one attached hydrogen (secondary N) is 1. The maximum Gasteiger partial charge on any atom is 0.118 e. The zero-order valence-electron chi connectivity index (χ0n) is 10.7. The number of aromatic amines is 1. The molecule has 104 valence electrons. The Hall–Kier alpha value is -1.56. The number of aromatic nitrogens is 2. The molecule has 1 aromatic carbocycles. The van der Waals surface area contributed by atoms with E-state index in [2.05, 4.69) is 10.2 Å². The van der Waals surface area contributed by atoms with Crippen LogP contribution in [0.15, 0.2) is 30.5 Å². The molecule has 1 heterocycles. The van der Waals surface area contributed by atoms with Gasteiger partial charge in [0.2, 0.25) is 0 Å². The molecule has 0 fully saturated rings. The van der Waals surface area contributed by atoms with Crippen molar-refractivity contribution in [3.63, 3.8) is 0 Å². The highest BCUT2D eigenvalue weighted by molar-refractivity contribution is 5.85. The third-order valence-corrected chi connectivity index (χ3v) is 2.81. The molecule has 2 rings (SSSR count). The summed E-state index contributed by atoms with van der Waals surface area (Å²) in [6.07, 6.45) is 2.34. The Balaban J connectivity index is 0.00000180. The normalized spacial score (nSPS) is 11.7. The van der Waals surface area contributed by atoms with Gasteiger partial charge in [0.1, 0.15) is 5.75 Å². The summed E-state index contributed by atoms with van der Waals surface area (Å²) in [4.78, 5) is 0. The first kappa shape index (κ1) is 15.5. The number of aliphatic hydroxyl groups is 1. The Morgan fingerprint density at radius 3 is 2.63 bits per heavy atom. The van der Waals surface area contributed by atoms with Crippen molar-refractivity contribution < 1.29 is 9.84 Å². The van der Waals surface area contributed by atoms with Crippen LogP contribution in [0.5, 0.6) is 5.75 Å². The monoisotopic (exact) mass is 283 g/mol. The van der Waals surface area contributed by atoms with Gasteiger partial charge < -0.3 is 15.6 Å². The number of nitrogens with two attached hydrogens (primary N) is 1. The Bertz CT molecular complexity index is 499. The molecular weight excluding hydrogens is 266 g/mol. The molecule has 0 aliphatic heterocycles. The molecule has 19 heavy (non-hydrogen) atoms. The summed E-state index contributed by atoms with van der Waals surface area (Å²) in [6.45, 7) is -0.0345. The summed E-state index contributed by atoms with van der Waals surface area (Å²) < 4.78 is 5.12. The van der Waals surface area contributed by atoms with Crippen LogP contribution >= 0.6 is 12.4 Å². The first-order valence-electron chi connectivity index (χ1n) is 5.77. The lowest BCUT2D eigenvalue weighted by atomic mass is 10.0. The zero-order chi connectivity index (χ0) is 13.0. The molecule has 0 spiro atoms. The molecule has 0 aliphatic carbocycles. The molecule has 5 nitrogen and oxygen atoms in total. The van der Waals surface area contributed by atoms with E-state index in [4.69, 9.17) is 15.6 Å². The van der Waals surface area contributed by atoms with Crippen molar-refractivity contribution in [2.45, 2.75) is 12.5 Å². The first-order valence-corrected chi connectivity index (χ1v) is 5.77. The van der Waals surface area contributed by atoms with Crippen LogP contribution in [0.1, 0.15) is 5.56 Å². The van der Waals surface area contributed by atoms with Gasteiger partial charge in [-0.2, -0.15) is 5.10 Å². The molecule has 1 unspecified atom stereocenters. The average molecular weight is 284 g/mol. The fourth-order valence-electron chi connectivity index (χ4n) is 1.82. The molecule has 1 aromatic heterocycles. The molecule has 2 aromatic rings. The number of benzene rings is 1. The van der Waals surface area contributed by atoms with E-state index in [1.165, 1.54) is 0 Å². The van der Waals surface area contributed by atoms with E-state index in [1.807, 2.05) is 24.3 Å². The SMILES string of the molecule is COc1ccc(-c2[nH]ncc2CC(N)CO)cc1.Cl. The molecule has 0 bridgehead atoms. The van der Waals surface area contributed by atoms with E-state index < -0.39 is 0 Å². The number of hydrogen-bond acceptors (Lipinski definition) is 4. The quantitative estimate of drug-likeness (QED) is 0.774. The summed E-state index contributed by atoms with van der Waals surface area (Å²) in [5.41, 5.74) is 8.70. The number of rotatable bonds is 5. The van der Waals surface area contributed by atoms with Crippen LogP contribution in [0.3, 0.4) is 0 Å². The van der Waals surface area contributed by atoms with Gasteiger partial charge in [-0.25, -0.2) is 0 Å². The summed E-state index contributed by atoms with van der Waals surface area (Å²) >= 11 is 0. The Morgan fingerprint density at radius 1 is 1.37 bits per heavy atom. The smallest absolute Gasteiger partial charge is 0.118 e. The van der Waals surface area contributed by atoms with Crippen LogP contribution in [0.25, 0.3) is 11.3 Å². The average Bonchev–Trinajstić information content (AvgIpc) is 2.86. The van der Waals surface area contributed by atoms with E-state index in [0.29, 0.717) is 6.42 Å². The fourth-order valence-corrected chi connectivity index (χ4v) is 1.82. The second kappa shape index (κ2) is 7.13. The van der Waals surface area contributed by atoms with Crippen LogP contribution in [0.2, 0.25) is 0 Å². The third-order valence-electron chi connectivity index (χ3n) is 2.81. The third kappa shape index (κ3) is 3.70. The number of H-pyrrole nitrogens is 1. The van der Waals surface area contributed by atoms with Crippen molar-refractivity contribution >= 4 is 12.4 Å². The van der Waals surface area contributed by atoms with Gasteiger partial charge in [-0.15, -0.1) is 12.4 Å². The number of aliphatic hydroxyl groups excluding tert-OH is 1. The summed E-state index contributed by atoms with van der Waals surface area (Å²) in [7, 11) is 1.64. The molecule has 6 heteroatoms. The van der Waals surface area contributed by atoms with Crippen molar-refractivity contribution in [2.24, 2.45) is 5.73 Å². The highest BCUT2D eigenvalue weighted by atomic mass is 35.5. The van der Waals surface area contributed by atoms with E-state index in [-0.39, 0.29) is 25.1 Å². The van der Waals surface area contributed by atoms with Crippen molar-refractivity contribution in [2.75, 3.05) is 13.7 Å². The van der Waals surface area contributed by atoms with E-state index in [0.717, 1.165) is 22.6 Å². The lowest BCUT2D eigenvalue weighted by Crippen LogP contribution is -2.26. The van der Waals surface area contributed by atoms with Crippen LogP contribution in [0, 0.1) is 0 Å². The maximum atomic E-state index is 8.99. The molecule has 0 amide bonds. The summed E-state index contributed by atoms with van der Waals surface area (Å²) in [5.74, 6) is 0.812. The summed E-state index contributed by atoms with van der Waals surface area (Å²) in [5, 5.41) is 16.0. The van der Waals surface area contributed by atoms with E-state index in [9.17, 15) is 0 Å². The lowest BCUT2D eigenvalue weighted by molar-refractivity contribution is 0.265. The first-order chi connectivity index (χ1) is 8.74. The standard InChI is InChI=1S/C13H17N3O2.ClH/c1-18-12-4-2-9(3-5-12)13-10(7-15-16-13)6-11(14)8-17;/h2-5,7,11,17H,6,8,14H2,1H3,(H,15,16);1H. The minimum Gasteiger partial charge on any atom is -0.497 e. The topological polar surface area (TPSA) is 84.2 Å². The fraction of sp³-hybridized carbons (Fsp3) is 0.308. The number of hydrogen-bond donors (Lipinski definition) is 3. The number of nitrogens with zero attached hydrogens (tertiary/aromatic N) is 1. The Morgan fingerprint density at radius 2 is 2.05 bits per heavy atom. The van der Waals surface area contributed by atoms with Crippen LogP contribution < -0.4 is 10.5 Å². The second-order valence-electron chi connectivity index (χ2n) is 4.15. The van der Waals surface area contributed by atoms with Crippen LogP contribution in [-0.2, 0) is 6.42 Å². The number of halogens is 1. The summed E-state index contributed by atoms with van der Waals surface area (Å²) in [6, 6.07) is 7.44. The zero-order valence-corrected chi connectivity index (χ0v) is 11.5. The predicted molar refractivity (Wildman–Crippen MR) is 76.6 cm³/mol. The van der Waals surface area contributed by atoms with E-state index in [1.54, 1.807) is 13.3 Å². The van der Waals surface area contributed by atoms with Crippen molar-refractivity contribution in [1.29, 1.82) is 0 Å². The van der Waals surface area contributed by atoms with Crippen LogP contribution in [0.4, 0.5) is 0 Å².